The van der Waals surface area contributed by atoms with E-state index in [1.54, 1.807) is 0 Å². The second kappa shape index (κ2) is 8.31. The summed E-state index contributed by atoms with van der Waals surface area (Å²) in [6.45, 7) is 3.65. The van der Waals surface area contributed by atoms with Crippen molar-refractivity contribution in [2.45, 2.75) is 30.0 Å². The van der Waals surface area contributed by atoms with E-state index >= 15 is 0 Å². The molecule has 156 valence electrons. The molecule has 1 aliphatic rings. The third-order valence-electron chi connectivity index (χ3n) is 4.64. The van der Waals surface area contributed by atoms with Gasteiger partial charge in [0, 0.05) is 5.69 Å². The second-order valence-electron chi connectivity index (χ2n) is 6.95. The number of alkyl halides is 6. The molecule has 0 aliphatic heterocycles. The van der Waals surface area contributed by atoms with E-state index < -0.39 is 38.9 Å². The van der Waals surface area contributed by atoms with Gasteiger partial charge in [-0.2, -0.15) is 13.2 Å². The van der Waals surface area contributed by atoms with Gasteiger partial charge in [-0.05, 0) is 29.5 Å². The maximum absolute atomic E-state index is 13.2. The molecule has 1 aromatic rings. The highest BCUT2D eigenvalue weighted by Gasteiger charge is 2.61. The van der Waals surface area contributed by atoms with Gasteiger partial charge in [0.25, 0.3) is 0 Å². The number of allylic oxidation sites excluding steroid dienone is 1. The van der Waals surface area contributed by atoms with Crippen LogP contribution in [0.2, 0.25) is 0 Å². The Hall–Kier alpha value is -0.530. The molecular formula is C17H16Cl5F3N2O. The highest BCUT2D eigenvalue weighted by molar-refractivity contribution is 6.68. The molecule has 1 aromatic carbocycles. The van der Waals surface area contributed by atoms with Gasteiger partial charge in [0.2, 0.25) is 9.70 Å². The molecule has 1 amide bonds. The number of benzene rings is 1. The maximum atomic E-state index is 13.2. The Morgan fingerprint density at radius 2 is 1.75 bits per heavy atom. The van der Waals surface area contributed by atoms with Gasteiger partial charge in [-0.25, -0.2) is 0 Å². The zero-order chi connectivity index (χ0) is 21.5. The van der Waals surface area contributed by atoms with Crippen molar-refractivity contribution in [1.29, 1.82) is 0 Å². The summed E-state index contributed by atoms with van der Waals surface area (Å²) in [4.78, 5) is 12.7. The number of hydrogen-bond acceptors (Lipinski definition) is 2. The lowest BCUT2D eigenvalue weighted by molar-refractivity contribution is -0.137. The number of amides is 1. The largest absolute Gasteiger partial charge is 0.418 e. The normalized spacial score (nSPS) is 22.2. The Labute approximate surface area is 185 Å². The summed E-state index contributed by atoms with van der Waals surface area (Å²) in [5.74, 6) is -1.29. The zero-order valence-electron chi connectivity index (χ0n) is 14.6. The number of hydrogen-bond donors (Lipinski definition) is 2. The monoisotopic (exact) mass is 496 g/mol. The first-order valence-electron chi connectivity index (χ1n) is 7.98. The average molecular weight is 499 g/mol. The average Bonchev–Trinajstić information content (AvgIpc) is 3.04. The van der Waals surface area contributed by atoms with Crippen LogP contribution in [0.15, 0.2) is 34.8 Å². The lowest BCUT2D eigenvalue weighted by Gasteiger charge is -2.29. The number of rotatable bonds is 5. The van der Waals surface area contributed by atoms with Gasteiger partial charge >= 0.3 is 6.18 Å². The van der Waals surface area contributed by atoms with Crippen LogP contribution in [0.3, 0.4) is 0 Å². The van der Waals surface area contributed by atoms with Crippen LogP contribution in [0.5, 0.6) is 0 Å². The van der Waals surface area contributed by atoms with Crippen LogP contribution < -0.4 is 10.6 Å². The predicted octanol–water partition coefficient (Wildman–Crippen LogP) is 6.52. The molecule has 0 heterocycles. The Kier molecular flexibility index (Phi) is 7.04. The molecule has 0 unspecified atom stereocenters. The van der Waals surface area contributed by atoms with Gasteiger partial charge < -0.3 is 10.6 Å². The van der Waals surface area contributed by atoms with E-state index in [-0.39, 0.29) is 16.1 Å². The molecule has 0 aromatic heterocycles. The van der Waals surface area contributed by atoms with Crippen molar-refractivity contribution < 1.29 is 18.0 Å². The van der Waals surface area contributed by atoms with E-state index in [9.17, 15) is 18.0 Å². The number of nitrogens with one attached hydrogen (secondary N) is 2. The third kappa shape index (κ3) is 5.54. The highest BCUT2D eigenvalue weighted by atomic mass is 35.6. The van der Waals surface area contributed by atoms with Crippen LogP contribution >= 0.6 is 58.0 Å². The van der Waals surface area contributed by atoms with Gasteiger partial charge in [0.15, 0.2) is 0 Å². The van der Waals surface area contributed by atoms with Crippen molar-refractivity contribution in [3.8, 4) is 0 Å². The van der Waals surface area contributed by atoms with Crippen molar-refractivity contribution in [3.63, 3.8) is 0 Å². The molecule has 3 nitrogen and oxygen atoms in total. The minimum absolute atomic E-state index is 0.0172. The molecule has 11 heteroatoms. The third-order valence-corrected chi connectivity index (χ3v) is 5.55. The molecule has 0 bridgehead atoms. The quantitative estimate of drug-likeness (QED) is 0.358. The van der Waals surface area contributed by atoms with E-state index in [1.165, 1.54) is 24.3 Å². The highest BCUT2D eigenvalue weighted by Crippen LogP contribution is 2.59. The van der Waals surface area contributed by atoms with Gasteiger partial charge in [0.05, 0.1) is 11.5 Å². The van der Waals surface area contributed by atoms with Crippen molar-refractivity contribution in [2.75, 3.05) is 5.32 Å². The van der Waals surface area contributed by atoms with E-state index in [0.717, 1.165) is 6.07 Å². The van der Waals surface area contributed by atoms with Gasteiger partial charge in [-0.15, -0.1) is 0 Å². The molecule has 0 radical (unpaired) electrons. The molecule has 2 rings (SSSR count). The van der Waals surface area contributed by atoms with Crippen LogP contribution in [-0.2, 0) is 11.0 Å². The Bertz CT molecular complexity index is 773. The van der Waals surface area contributed by atoms with Crippen LogP contribution in [0.4, 0.5) is 18.9 Å². The van der Waals surface area contributed by atoms with E-state index in [0.29, 0.717) is 0 Å². The number of para-hydroxylation sites is 1. The number of carbonyl (C=O) groups excluding carboxylic acids is 1. The number of halogens is 8. The summed E-state index contributed by atoms with van der Waals surface area (Å²) in [6.07, 6.45) is -4.51. The smallest absolute Gasteiger partial charge is 0.361 e. The Morgan fingerprint density at radius 1 is 1.18 bits per heavy atom. The van der Waals surface area contributed by atoms with Crippen LogP contribution in [0, 0.1) is 17.3 Å². The first kappa shape index (κ1) is 23.7. The lowest BCUT2D eigenvalue weighted by Crippen LogP contribution is -2.50. The van der Waals surface area contributed by atoms with Gasteiger partial charge in [-0.1, -0.05) is 84.0 Å². The minimum atomic E-state index is -4.63. The molecule has 1 saturated carbocycles. The SMILES string of the molecule is CC1(C)[C@H](C=C(Cl)Cl)[C@H]1C(=O)N[C@H](Nc1ccccc1C(F)(F)F)C(Cl)(Cl)Cl. The van der Waals surface area contributed by atoms with E-state index in [4.69, 9.17) is 58.0 Å². The molecular weight excluding hydrogens is 482 g/mol. The van der Waals surface area contributed by atoms with Gasteiger partial charge in [-0.3, -0.25) is 4.79 Å². The van der Waals surface area contributed by atoms with Crippen molar-refractivity contribution in [3.05, 3.63) is 40.4 Å². The lowest BCUT2D eigenvalue weighted by atomic mass is 10.1. The summed E-state index contributed by atoms with van der Waals surface area (Å²) in [5.41, 5.74) is -1.74. The fourth-order valence-electron chi connectivity index (χ4n) is 3.07. The van der Waals surface area contributed by atoms with Gasteiger partial charge in [0.1, 0.15) is 10.7 Å². The summed E-state index contributed by atoms with van der Waals surface area (Å²) in [6, 6.07) is 4.68. The maximum Gasteiger partial charge on any atom is 0.418 e. The van der Waals surface area contributed by atoms with Crippen molar-refractivity contribution >= 4 is 69.6 Å². The standard InChI is InChI=1S/C17H16Cl5F3N2O/c1-15(2)9(7-11(18)19)12(15)13(28)27-14(16(20,21)22)26-10-6-4-3-5-8(10)17(23,24)25/h3-7,9,12,14,26H,1-2H3,(H,27,28)/t9-,12+,14+/m1/s1. The van der Waals surface area contributed by atoms with Crippen LogP contribution in [-0.4, -0.2) is 15.9 Å². The minimum Gasteiger partial charge on any atom is -0.361 e. The first-order chi connectivity index (χ1) is 12.7. The van der Waals surface area contributed by atoms with E-state index in [2.05, 4.69) is 10.6 Å². The summed E-state index contributed by atoms with van der Waals surface area (Å²) in [7, 11) is 0. The van der Waals surface area contributed by atoms with Crippen molar-refractivity contribution in [1.82, 2.24) is 5.32 Å². The summed E-state index contributed by atoms with van der Waals surface area (Å²) in [5, 5.41) is 4.95. The first-order valence-corrected chi connectivity index (χ1v) is 9.87. The Morgan fingerprint density at radius 3 is 2.25 bits per heavy atom. The summed E-state index contributed by atoms with van der Waals surface area (Å²) < 4.78 is 37.5. The topological polar surface area (TPSA) is 41.1 Å². The zero-order valence-corrected chi connectivity index (χ0v) is 18.3. The fourth-order valence-corrected chi connectivity index (χ4v) is 3.67. The fraction of sp³-hybridized carbons (Fsp3) is 0.471. The number of anilines is 1. The Balaban J connectivity index is 2.24. The molecule has 0 spiro atoms. The van der Waals surface area contributed by atoms with Crippen molar-refractivity contribution in [2.24, 2.45) is 17.3 Å². The van der Waals surface area contributed by atoms with E-state index in [1.807, 2.05) is 13.8 Å². The summed E-state index contributed by atoms with van der Waals surface area (Å²) >= 11 is 29.0. The molecule has 1 aliphatic carbocycles. The molecule has 2 N–H and O–H groups in total. The number of carbonyl (C=O) groups is 1. The van der Waals surface area contributed by atoms with Crippen LogP contribution in [0.1, 0.15) is 19.4 Å². The molecule has 28 heavy (non-hydrogen) atoms. The van der Waals surface area contributed by atoms with Crippen LogP contribution in [0.25, 0.3) is 0 Å². The molecule has 0 saturated heterocycles. The molecule has 3 atom stereocenters. The second-order valence-corrected chi connectivity index (χ2v) is 10.3. The predicted molar refractivity (Wildman–Crippen MR) is 108 cm³/mol. The molecule has 1 fully saturated rings.